The summed E-state index contributed by atoms with van der Waals surface area (Å²) < 4.78 is 46.3. The molecule has 1 aromatic heterocycles. The van der Waals surface area contributed by atoms with E-state index >= 15 is 0 Å². The molecule has 0 bridgehead atoms. The summed E-state index contributed by atoms with van der Waals surface area (Å²) in [6.07, 6.45) is 0.651. The van der Waals surface area contributed by atoms with Gasteiger partial charge in [-0.2, -0.15) is 0 Å². The summed E-state index contributed by atoms with van der Waals surface area (Å²) in [5.41, 5.74) is 1.15. The fourth-order valence-corrected chi connectivity index (χ4v) is 5.17. The van der Waals surface area contributed by atoms with Crippen molar-refractivity contribution in [1.82, 2.24) is 15.0 Å². The lowest BCUT2D eigenvalue weighted by atomic mass is 10.0. The van der Waals surface area contributed by atoms with Gasteiger partial charge >= 0.3 is 5.97 Å². The molecule has 0 aliphatic rings. The van der Waals surface area contributed by atoms with Crippen LogP contribution in [0.15, 0.2) is 71.5 Å². The van der Waals surface area contributed by atoms with E-state index in [-0.39, 0.29) is 24.4 Å². The van der Waals surface area contributed by atoms with Gasteiger partial charge in [0, 0.05) is 6.54 Å². The van der Waals surface area contributed by atoms with Crippen molar-refractivity contribution in [2.45, 2.75) is 19.0 Å². The van der Waals surface area contributed by atoms with Gasteiger partial charge in [-0.3, -0.25) is 9.10 Å². The molecule has 4 rings (SSSR count). The van der Waals surface area contributed by atoms with Crippen molar-refractivity contribution < 1.29 is 27.4 Å². The number of hydrogen-bond donors (Lipinski definition) is 1. The Hall–Kier alpha value is -4.32. The van der Waals surface area contributed by atoms with E-state index in [1.165, 1.54) is 31.4 Å². The number of carbonyl (C=O) groups is 1. The molecule has 10 nitrogen and oxygen atoms in total. The Kier molecular flexibility index (Phi) is 7.21. The standard InChI is InChI=1S/C25H23FN4O6S/c1-36-23-12-9-17(15-20(23)26)16-7-10-18(11-8-16)30(37(2,34)35)22(25(32)33)13-14-29-24(31)19-5-3-4-6-21(19)27-28-29/h3-12,15,22H,13-14H2,1-2H3,(H,32,33)/t22-/m0/s1. The van der Waals surface area contributed by atoms with Crippen LogP contribution in [0, 0.1) is 5.82 Å². The Balaban J connectivity index is 1.64. The highest BCUT2D eigenvalue weighted by molar-refractivity contribution is 7.92. The number of halogens is 1. The topological polar surface area (TPSA) is 132 Å². The minimum absolute atomic E-state index is 0.0862. The van der Waals surface area contributed by atoms with Crippen LogP contribution in [0.2, 0.25) is 0 Å². The SMILES string of the molecule is COc1ccc(-c2ccc(N([C@@H](CCn3nnc4ccccc4c3=O)C(=O)O)S(C)(=O)=O)cc2)cc1F. The van der Waals surface area contributed by atoms with E-state index in [1.54, 1.807) is 42.5 Å². The summed E-state index contributed by atoms with van der Waals surface area (Å²) in [5, 5.41) is 18.1. The minimum Gasteiger partial charge on any atom is -0.494 e. The maximum Gasteiger partial charge on any atom is 0.327 e. The second-order valence-corrected chi connectivity index (χ2v) is 10.1. The van der Waals surface area contributed by atoms with Crippen molar-refractivity contribution in [3.8, 4) is 16.9 Å². The van der Waals surface area contributed by atoms with Crippen LogP contribution in [0.4, 0.5) is 10.1 Å². The van der Waals surface area contributed by atoms with Crippen LogP contribution < -0.4 is 14.6 Å². The molecule has 1 N–H and O–H groups in total. The van der Waals surface area contributed by atoms with Gasteiger partial charge in [-0.05, 0) is 53.9 Å². The molecule has 192 valence electrons. The number of hydrogen-bond acceptors (Lipinski definition) is 7. The number of sulfonamides is 1. The first-order chi connectivity index (χ1) is 17.6. The summed E-state index contributed by atoms with van der Waals surface area (Å²) in [6, 6.07) is 15.5. The fourth-order valence-electron chi connectivity index (χ4n) is 4.00. The zero-order valence-corrected chi connectivity index (χ0v) is 20.7. The van der Waals surface area contributed by atoms with Crippen LogP contribution in [0.25, 0.3) is 22.0 Å². The maximum atomic E-state index is 14.1. The van der Waals surface area contributed by atoms with E-state index < -0.39 is 33.4 Å². The van der Waals surface area contributed by atoms with Crippen molar-refractivity contribution in [2.24, 2.45) is 0 Å². The molecule has 0 amide bonds. The zero-order chi connectivity index (χ0) is 26.7. The molecule has 1 heterocycles. The van der Waals surface area contributed by atoms with E-state index in [0.29, 0.717) is 22.0 Å². The second kappa shape index (κ2) is 10.3. The van der Waals surface area contributed by atoms with Crippen LogP contribution in [0.1, 0.15) is 6.42 Å². The summed E-state index contributed by atoms with van der Waals surface area (Å²) in [4.78, 5) is 24.9. The van der Waals surface area contributed by atoms with Crippen LogP contribution in [0.5, 0.6) is 5.75 Å². The van der Waals surface area contributed by atoms with E-state index in [4.69, 9.17) is 4.74 Å². The summed E-state index contributed by atoms with van der Waals surface area (Å²) in [7, 11) is -2.70. The number of aryl methyl sites for hydroxylation is 1. The van der Waals surface area contributed by atoms with Crippen LogP contribution in [-0.2, 0) is 21.4 Å². The lowest BCUT2D eigenvalue weighted by molar-refractivity contribution is -0.138. The van der Waals surface area contributed by atoms with Crippen molar-refractivity contribution >= 4 is 32.6 Å². The van der Waals surface area contributed by atoms with Gasteiger partial charge in [-0.25, -0.2) is 22.3 Å². The average molecular weight is 527 g/mol. The monoisotopic (exact) mass is 526 g/mol. The van der Waals surface area contributed by atoms with Gasteiger partial charge in [-0.15, -0.1) is 5.10 Å². The Morgan fingerprint density at radius 3 is 2.41 bits per heavy atom. The highest BCUT2D eigenvalue weighted by Crippen LogP contribution is 2.29. The molecular weight excluding hydrogens is 503 g/mol. The highest BCUT2D eigenvalue weighted by Gasteiger charge is 2.33. The number of rotatable bonds is 9. The number of carboxylic acids is 1. The number of benzene rings is 3. The number of carboxylic acid groups (broad SMARTS) is 1. The highest BCUT2D eigenvalue weighted by atomic mass is 32.2. The first-order valence-electron chi connectivity index (χ1n) is 11.1. The third-order valence-electron chi connectivity index (χ3n) is 5.78. The van der Waals surface area contributed by atoms with Crippen molar-refractivity contribution in [2.75, 3.05) is 17.7 Å². The Labute approximate surface area is 211 Å². The van der Waals surface area contributed by atoms with E-state index in [2.05, 4.69) is 10.3 Å². The number of methoxy groups -OCH3 is 1. The third-order valence-corrected chi connectivity index (χ3v) is 6.96. The molecule has 12 heteroatoms. The molecule has 0 spiro atoms. The summed E-state index contributed by atoms with van der Waals surface area (Å²) in [5.74, 6) is -1.86. The van der Waals surface area contributed by atoms with Crippen LogP contribution in [-0.4, -0.2) is 53.9 Å². The van der Waals surface area contributed by atoms with E-state index in [0.717, 1.165) is 15.2 Å². The van der Waals surface area contributed by atoms with Gasteiger partial charge in [0.25, 0.3) is 5.56 Å². The molecule has 3 aromatic carbocycles. The van der Waals surface area contributed by atoms with Gasteiger partial charge < -0.3 is 9.84 Å². The fraction of sp³-hybridized carbons (Fsp3) is 0.200. The van der Waals surface area contributed by atoms with Crippen molar-refractivity contribution in [3.05, 3.63) is 82.9 Å². The third kappa shape index (κ3) is 5.43. The van der Waals surface area contributed by atoms with Gasteiger partial charge in [0.2, 0.25) is 10.0 Å². The number of aromatic nitrogens is 3. The number of nitrogens with zero attached hydrogens (tertiary/aromatic N) is 4. The second-order valence-electron chi connectivity index (χ2n) is 8.23. The molecule has 0 aliphatic heterocycles. The van der Waals surface area contributed by atoms with Gasteiger partial charge in [-0.1, -0.05) is 35.5 Å². The lowest BCUT2D eigenvalue weighted by Gasteiger charge is -2.29. The van der Waals surface area contributed by atoms with E-state index in [9.17, 15) is 27.5 Å². The molecule has 0 saturated heterocycles. The largest absolute Gasteiger partial charge is 0.494 e. The Morgan fingerprint density at radius 2 is 1.78 bits per heavy atom. The van der Waals surface area contributed by atoms with Crippen molar-refractivity contribution in [1.29, 1.82) is 0 Å². The molecule has 37 heavy (non-hydrogen) atoms. The number of fused-ring (bicyclic) bond motifs is 1. The molecule has 0 unspecified atom stereocenters. The molecule has 0 aliphatic carbocycles. The maximum absolute atomic E-state index is 14.1. The lowest BCUT2D eigenvalue weighted by Crippen LogP contribution is -2.46. The zero-order valence-electron chi connectivity index (χ0n) is 19.9. The molecule has 0 radical (unpaired) electrons. The molecule has 0 fully saturated rings. The minimum atomic E-state index is -4.05. The molecule has 4 aromatic rings. The predicted octanol–water partition coefficient (Wildman–Crippen LogP) is 2.92. The molecular formula is C25H23FN4O6S. The Bertz CT molecular complexity index is 1620. The number of anilines is 1. The summed E-state index contributed by atoms with van der Waals surface area (Å²) >= 11 is 0. The van der Waals surface area contributed by atoms with Gasteiger partial charge in [0.15, 0.2) is 11.6 Å². The first kappa shape index (κ1) is 25.8. The van der Waals surface area contributed by atoms with Crippen LogP contribution >= 0.6 is 0 Å². The van der Waals surface area contributed by atoms with Crippen LogP contribution in [0.3, 0.4) is 0 Å². The van der Waals surface area contributed by atoms with E-state index in [1.807, 2.05) is 0 Å². The number of ether oxygens (including phenoxy) is 1. The van der Waals surface area contributed by atoms with Crippen molar-refractivity contribution in [3.63, 3.8) is 0 Å². The summed E-state index contributed by atoms with van der Waals surface area (Å²) in [6.45, 7) is -0.178. The average Bonchev–Trinajstić information content (AvgIpc) is 2.87. The molecule has 1 atom stereocenters. The Morgan fingerprint density at radius 1 is 1.11 bits per heavy atom. The first-order valence-corrected chi connectivity index (χ1v) is 12.9. The normalized spacial score (nSPS) is 12.3. The number of aliphatic carboxylic acids is 1. The predicted molar refractivity (Wildman–Crippen MR) is 136 cm³/mol. The van der Waals surface area contributed by atoms with Gasteiger partial charge in [0.1, 0.15) is 11.6 Å². The smallest absolute Gasteiger partial charge is 0.327 e. The van der Waals surface area contributed by atoms with Gasteiger partial charge in [0.05, 0.1) is 24.4 Å². The molecule has 0 saturated carbocycles. The quantitative estimate of drug-likeness (QED) is 0.352.